The van der Waals surface area contributed by atoms with Gasteiger partial charge in [0, 0.05) is 24.2 Å². The monoisotopic (exact) mass is 370 g/mol. The van der Waals surface area contributed by atoms with Gasteiger partial charge in [-0.25, -0.2) is 0 Å². The molecule has 0 radical (unpaired) electrons. The van der Waals surface area contributed by atoms with Gasteiger partial charge in [-0.05, 0) is 50.3 Å². The van der Waals surface area contributed by atoms with E-state index in [0.29, 0.717) is 24.6 Å². The summed E-state index contributed by atoms with van der Waals surface area (Å²) in [7, 11) is 0. The summed E-state index contributed by atoms with van der Waals surface area (Å²) in [6.45, 7) is 3.17. The summed E-state index contributed by atoms with van der Waals surface area (Å²) in [4.78, 5) is 41.7. The molecule has 2 fully saturated rings. The van der Waals surface area contributed by atoms with E-state index in [2.05, 4.69) is 5.32 Å². The van der Waals surface area contributed by atoms with Crippen LogP contribution >= 0.6 is 0 Å². The van der Waals surface area contributed by atoms with E-state index in [1.54, 1.807) is 15.9 Å². The molecule has 0 bridgehead atoms. The number of amides is 3. The number of nitrogens with zero attached hydrogens (tertiary/aromatic N) is 2. The molecule has 1 saturated carbocycles. The lowest BCUT2D eigenvalue weighted by Crippen LogP contribution is -2.45. The van der Waals surface area contributed by atoms with Gasteiger partial charge < -0.3 is 20.9 Å². The minimum atomic E-state index is -0.637. The van der Waals surface area contributed by atoms with E-state index in [9.17, 15) is 14.4 Å². The number of rotatable bonds is 5. The predicted molar refractivity (Wildman–Crippen MR) is 99.7 cm³/mol. The summed E-state index contributed by atoms with van der Waals surface area (Å²) >= 11 is 0. The van der Waals surface area contributed by atoms with Crippen molar-refractivity contribution in [2.24, 2.45) is 11.7 Å². The van der Waals surface area contributed by atoms with Gasteiger partial charge in [-0.15, -0.1) is 0 Å². The molecule has 4 rings (SSSR count). The highest BCUT2D eigenvalue weighted by Crippen LogP contribution is 2.41. The van der Waals surface area contributed by atoms with Crippen LogP contribution in [0.25, 0.3) is 0 Å². The van der Waals surface area contributed by atoms with Gasteiger partial charge >= 0.3 is 0 Å². The maximum absolute atomic E-state index is 12.9. The van der Waals surface area contributed by atoms with Crippen LogP contribution in [0.15, 0.2) is 24.3 Å². The number of carbonyl (C=O) groups excluding carboxylic acids is 3. The van der Waals surface area contributed by atoms with Gasteiger partial charge in [0.2, 0.25) is 11.8 Å². The highest BCUT2D eigenvalue weighted by atomic mass is 16.2. The third-order valence-corrected chi connectivity index (χ3v) is 5.92. The molecule has 1 aromatic rings. The van der Waals surface area contributed by atoms with Crippen molar-refractivity contribution in [3.63, 3.8) is 0 Å². The van der Waals surface area contributed by atoms with E-state index in [0.717, 1.165) is 24.8 Å². The molecule has 1 saturated heterocycles. The molecule has 3 aliphatic rings. The minimum Gasteiger partial charge on any atom is -0.345 e. The highest BCUT2D eigenvalue weighted by molar-refractivity contribution is 6.05. The van der Waals surface area contributed by atoms with E-state index in [4.69, 9.17) is 5.73 Å². The van der Waals surface area contributed by atoms with Crippen molar-refractivity contribution in [1.29, 1.82) is 0 Å². The van der Waals surface area contributed by atoms with E-state index in [-0.39, 0.29) is 36.3 Å². The molecule has 3 N–H and O–H groups in total. The quantitative estimate of drug-likeness (QED) is 0.796. The lowest BCUT2D eigenvalue weighted by molar-refractivity contribution is -0.134. The summed E-state index contributed by atoms with van der Waals surface area (Å²) in [6.07, 6.45) is 2.75. The number of hydrogen-bond donors (Lipinski definition) is 2. The predicted octanol–water partition coefficient (Wildman–Crippen LogP) is 0.658. The van der Waals surface area contributed by atoms with E-state index in [1.807, 2.05) is 25.1 Å². The highest BCUT2D eigenvalue weighted by Gasteiger charge is 2.47. The molecule has 27 heavy (non-hydrogen) atoms. The molecule has 7 nitrogen and oxygen atoms in total. The number of hydrogen-bond acceptors (Lipinski definition) is 4. The maximum Gasteiger partial charge on any atom is 0.255 e. The molecule has 0 aromatic heterocycles. The molecular formula is C20H26N4O3. The van der Waals surface area contributed by atoms with Crippen molar-refractivity contribution >= 4 is 17.7 Å². The van der Waals surface area contributed by atoms with Crippen LogP contribution in [0, 0.1) is 5.92 Å². The van der Waals surface area contributed by atoms with Crippen LogP contribution < -0.4 is 11.1 Å². The zero-order chi connectivity index (χ0) is 19.1. The van der Waals surface area contributed by atoms with E-state index in [1.165, 1.54) is 0 Å². The first-order valence-electron chi connectivity index (χ1n) is 9.70. The Balaban J connectivity index is 1.44. The number of nitrogens with two attached hydrogens (primary N) is 1. The fourth-order valence-electron chi connectivity index (χ4n) is 4.35. The van der Waals surface area contributed by atoms with Gasteiger partial charge in [-0.2, -0.15) is 0 Å². The Kier molecular flexibility index (Phi) is 4.63. The Morgan fingerprint density at radius 2 is 2.00 bits per heavy atom. The van der Waals surface area contributed by atoms with Crippen LogP contribution in [0.5, 0.6) is 0 Å². The molecule has 0 spiro atoms. The third kappa shape index (κ3) is 3.20. The van der Waals surface area contributed by atoms with Crippen LogP contribution in [-0.2, 0) is 9.59 Å². The van der Waals surface area contributed by atoms with Crippen LogP contribution in [0.2, 0.25) is 0 Å². The molecule has 3 amide bonds. The summed E-state index contributed by atoms with van der Waals surface area (Å²) in [5.41, 5.74) is 7.05. The Morgan fingerprint density at radius 3 is 2.67 bits per heavy atom. The number of benzene rings is 1. The Labute approximate surface area is 158 Å². The van der Waals surface area contributed by atoms with Crippen LogP contribution in [0.3, 0.4) is 0 Å². The SMILES string of the molecule is CC1CC(CN)CN1C(=O)CNC(=O)C1c2ccccc2C(=O)N1C1CC1. The Bertz CT molecular complexity index is 776. The van der Waals surface area contributed by atoms with E-state index < -0.39 is 6.04 Å². The van der Waals surface area contributed by atoms with Gasteiger partial charge in [-0.3, -0.25) is 14.4 Å². The normalized spacial score (nSPS) is 27.0. The maximum atomic E-state index is 12.9. The second kappa shape index (κ2) is 6.96. The fraction of sp³-hybridized carbons (Fsp3) is 0.550. The van der Waals surface area contributed by atoms with Gasteiger partial charge in [0.1, 0.15) is 6.04 Å². The topological polar surface area (TPSA) is 95.7 Å². The molecule has 144 valence electrons. The number of carbonyl (C=O) groups is 3. The van der Waals surface area contributed by atoms with Crippen molar-refractivity contribution in [3.8, 4) is 0 Å². The minimum absolute atomic E-state index is 0.0498. The van der Waals surface area contributed by atoms with Crippen molar-refractivity contribution in [1.82, 2.24) is 15.1 Å². The standard InChI is InChI=1S/C20H26N4O3/c1-12-8-13(9-21)11-23(12)17(25)10-22-19(26)18-15-4-2-3-5-16(15)20(27)24(18)14-6-7-14/h2-5,12-14,18H,6-11,21H2,1H3,(H,22,26). The Hall–Kier alpha value is -2.41. The number of nitrogens with one attached hydrogen (secondary N) is 1. The number of fused-ring (bicyclic) bond motifs is 1. The average molecular weight is 370 g/mol. The molecule has 1 aliphatic carbocycles. The van der Waals surface area contributed by atoms with Crippen molar-refractivity contribution < 1.29 is 14.4 Å². The molecule has 3 atom stereocenters. The third-order valence-electron chi connectivity index (χ3n) is 5.92. The zero-order valence-electron chi connectivity index (χ0n) is 15.6. The van der Waals surface area contributed by atoms with Gasteiger partial charge in [0.25, 0.3) is 5.91 Å². The fourth-order valence-corrected chi connectivity index (χ4v) is 4.35. The van der Waals surface area contributed by atoms with Crippen LogP contribution in [-0.4, -0.2) is 59.2 Å². The molecule has 7 heteroatoms. The molecular weight excluding hydrogens is 344 g/mol. The molecule has 3 unspecified atom stereocenters. The van der Waals surface area contributed by atoms with E-state index >= 15 is 0 Å². The molecule has 2 heterocycles. The summed E-state index contributed by atoms with van der Waals surface area (Å²) < 4.78 is 0. The summed E-state index contributed by atoms with van der Waals surface area (Å²) in [5, 5.41) is 2.77. The number of likely N-dealkylation sites (tertiary alicyclic amines) is 1. The van der Waals surface area contributed by atoms with Crippen LogP contribution in [0.1, 0.15) is 48.1 Å². The molecule has 1 aromatic carbocycles. The lowest BCUT2D eigenvalue weighted by atomic mass is 10.0. The van der Waals surface area contributed by atoms with Gasteiger partial charge in [0.05, 0.1) is 6.54 Å². The summed E-state index contributed by atoms with van der Waals surface area (Å²) in [6, 6.07) is 6.88. The zero-order valence-corrected chi connectivity index (χ0v) is 15.6. The van der Waals surface area contributed by atoms with Crippen LogP contribution in [0.4, 0.5) is 0 Å². The van der Waals surface area contributed by atoms with Crippen molar-refractivity contribution in [2.45, 2.75) is 44.3 Å². The second-order valence-corrected chi connectivity index (χ2v) is 7.88. The lowest BCUT2D eigenvalue weighted by Gasteiger charge is -2.26. The largest absolute Gasteiger partial charge is 0.345 e. The van der Waals surface area contributed by atoms with Gasteiger partial charge in [-0.1, -0.05) is 18.2 Å². The first kappa shape index (κ1) is 18.0. The Morgan fingerprint density at radius 1 is 1.26 bits per heavy atom. The average Bonchev–Trinajstić information content (AvgIpc) is 3.37. The molecule has 2 aliphatic heterocycles. The first-order chi connectivity index (χ1) is 13.0. The van der Waals surface area contributed by atoms with Gasteiger partial charge in [0.15, 0.2) is 0 Å². The smallest absolute Gasteiger partial charge is 0.255 e. The second-order valence-electron chi connectivity index (χ2n) is 7.88. The van der Waals surface area contributed by atoms with Crippen molar-refractivity contribution in [3.05, 3.63) is 35.4 Å². The summed E-state index contributed by atoms with van der Waals surface area (Å²) in [5.74, 6) is -0.138. The van der Waals surface area contributed by atoms with Crippen molar-refractivity contribution in [2.75, 3.05) is 19.6 Å². The first-order valence-corrected chi connectivity index (χ1v) is 9.70.